The second-order valence-electron chi connectivity index (χ2n) is 10.9. The molecule has 0 aliphatic heterocycles. The van der Waals surface area contributed by atoms with E-state index in [4.69, 9.17) is 9.57 Å². The van der Waals surface area contributed by atoms with E-state index in [0.29, 0.717) is 41.2 Å². The first-order valence-electron chi connectivity index (χ1n) is 15.4. The van der Waals surface area contributed by atoms with Crippen molar-refractivity contribution in [2.45, 2.75) is 19.6 Å². The fraction of sp³-hybridized carbons (Fsp3) is 0.0811. The molecule has 0 fully saturated rings. The number of pyridine rings is 2. The number of carbonyl (C=O) groups is 2. The molecule has 0 aliphatic carbocycles. The van der Waals surface area contributed by atoms with E-state index in [1.165, 1.54) is 23.0 Å². The number of benzene rings is 4. The number of nitrogens with zero attached hydrogens (tertiary/aromatic N) is 2. The molecule has 2 heterocycles. The Bertz CT molecular complexity index is 2160. The van der Waals surface area contributed by atoms with E-state index in [0.717, 1.165) is 17.7 Å². The minimum Gasteiger partial charge on any atom is -0.457 e. The molecule has 3 amide bonds. The summed E-state index contributed by atoms with van der Waals surface area (Å²) in [6.45, 7) is 0.267. The van der Waals surface area contributed by atoms with Crippen molar-refractivity contribution in [3.8, 4) is 17.2 Å². The molecule has 6 rings (SSSR count). The number of hydrogen-bond donors (Lipinski definition) is 4. The molecule has 0 saturated carbocycles. The lowest BCUT2D eigenvalue weighted by molar-refractivity contribution is -0.105. The standard InChI is InChI=1S/C37H30F2N6O5/c38-29-9-6-10-30(39)28(29)21-45-22-33(50-44-37(48)43-34-11-4-5-18-41-34)36(47)35-27(20-40-19-24-7-2-1-3-8-24)32(17-16-31(35)45)49-26-14-12-25(13-15-26)42-23-46/h1-18,22-23,40H,19-21H2,(H,42,46)(H2,41,43,44,48). The maximum absolute atomic E-state index is 14.9. The second-order valence-corrected chi connectivity index (χ2v) is 10.9. The Hall–Kier alpha value is -6.60. The quantitative estimate of drug-likeness (QED) is 0.0812. The van der Waals surface area contributed by atoms with Crippen LogP contribution in [0.4, 0.5) is 25.1 Å². The van der Waals surface area contributed by atoms with Crippen LogP contribution >= 0.6 is 0 Å². The molecule has 0 atom stereocenters. The van der Waals surface area contributed by atoms with Gasteiger partial charge in [0.1, 0.15) is 29.0 Å². The number of carbonyl (C=O) groups excluding carboxylic acids is 2. The Kier molecular flexibility index (Phi) is 10.3. The lowest BCUT2D eigenvalue weighted by atomic mass is 10.0. The SMILES string of the molecule is O=CNc1ccc(Oc2ccc3c(c2CNCc2ccccc2)c(=O)c(ONC(=O)Nc2ccccn2)cn3Cc2c(F)cccc2F)cc1. The van der Waals surface area contributed by atoms with Gasteiger partial charge in [0.05, 0.1) is 23.6 Å². The van der Waals surface area contributed by atoms with Crippen LogP contribution in [0.5, 0.6) is 17.2 Å². The highest BCUT2D eigenvalue weighted by atomic mass is 19.1. The molecule has 4 N–H and O–H groups in total. The highest BCUT2D eigenvalue weighted by Gasteiger charge is 2.21. The maximum Gasteiger partial charge on any atom is 0.353 e. The number of nitrogens with one attached hydrogen (secondary N) is 4. The van der Waals surface area contributed by atoms with Gasteiger partial charge in [-0.25, -0.2) is 18.6 Å². The van der Waals surface area contributed by atoms with Crippen LogP contribution in [0.1, 0.15) is 16.7 Å². The van der Waals surface area contributed by atoms with Gasteiger partial charge in [-0.3, -0.25) is 14.9 Å². The Morgan fingerprint density at radius 3 is 2.30 bits per heavy atom. The molecule has 0 bridgehead atoms. The van der Waals surface area contributed by atoms with Gasteiger partial charge in [-0.15, -0.1) is 0 Å². The van der Waals surface area contributed by atoms with E-state index in [-0.39, 0.29) is 35.6 Å². The lowest BCUT2D eigenvalue weighted by Crippen LogP contribution is -2.34. The first-order chi connectivity index (χ1) is 24.4. The van der Waals surface area contributed by atoms with Gasteiger partial charge in [0, 0.05) is 36.1 Å². The number of ether oxygens (including phenoxy) is 1. The predicted molar refractivity (Wildman–Crippen MR) is 184 cm³/mol. The molecule has 0 aliphatic rings. The number of hydroxylamine groups is 1. The number of amides is 3. The van der Waals surface area contributed by atoms with Gasteiger partial charge in [0.15, 0.2) is 0 Å². The number of halogens is 2. The van der Waals surface area contributed by atoms with Gasteiger partial charge in [-0.2, -0.15) is 5.48 Å². The molecular formula is C37H30F2N6O5. The molecule has 0 unspecified atom stereocenters. The molecule has 4 aromatic carbocycles. The zero-order chi connectivity index (χ0) is 34.9. The molecule has 0 saturated heterocycles. The van der Waals surface area contributed by atoms with Gasteiger partial charge in [0.25, 0.3) is 0 Å². The van der Waals surface area contributed by atoms with Crippen molar-refractivity contribution >= 4 is 34.8 Å². The first-order valence-corrected chi connectivity index (χ1v) is 15.4. The summed E-state index contributed by atoms with van der Waals surface area (Å²) in [6, 6.07) is 27.2. The van der Waals surface area contributed by atoms with E-state index < -0.39 is 23.1 Å². The van der Waals surface area contributed by atoms with Crippen molar-refractivity contribution in [3.05, 3.63) is 154 Å². The van der Waals surface area contributed by atoms with Crippen molar-refractivity contribution in [1.29, 1.82) is 0 Å². The van der Waals surface area contributed by atoms with Gasteiger partial charge in [-0.05, 0) is 66.2 Å². The summed E-state index contributed by atoms with van der Waals surface area (Å²) in [7, 11) is 0. The van der Waals surface area contributed by atoms with E-state index in [1.54, 1.807) is 54.6 Å². The summed E-state index contributed by atoms with van der Waals surface area (Å²) < 4.78 is 37.5. The number of fused-ring (bicyclic) bond motifs is 1. The van der Waals surface area contributed by atoms with Gasteiger partial charge in [-0.1, -0.05) is 42.5 Å². The fourth-order valence-electron chi connectivity index (χ4n) is 5.25. The summed E-state index contributed by atoms with van der Waals surface area (Å²) in [5, 5.41) is 8.53. The number of hydrogen-bond acceptors (Lipinski definition) is 7. The van der Waals surface area contributed by atoms with Crippen LogP contribution in [0.3, 0.4) is 0 Å². The smallest absolute Gasteiger partial charge is 0.353 e. The predicted octanol–water partition coefficient (Wildman–Crippen LogP) is 6.49. The van der Waals surface area contributed by atoms with Crippen LogP contribution in [0.15, 0.2) is 120 Å². The molecule has 252 valence electrons. The fourth-order valence-corrected chi connectivity index (χ4v) is 5.25. The van der Waals surface area contributed by atoms with Gasteiger partial charge >= 0.3 is 6.03 Å². The van der Waals surface area contributed by atoms with Crippen molar-refractivity contribution < 1.29 is 27.9 Å². The van der Waals surface area contributed by atoms with E-state index in [2.05, 4.69) is 26.4 Å². The highest BCUT2D eigenvalue weighted by Crippen LogP contribution is 2.32. The minimum atomic E-state index is -0.816. The van der Waals surface area contributed by atoms with Crippen molar-refractivity contribution in [3.63, 3.8) is 0 Å². The normalized spacial score (nSPS) is 10.8. The maximum atomic E-state index is 14.9. The Balaban J connectivity index is 1.44. The largest absolute Gasteiger partial charge is 0.457 e. The third-order valence-corrected chi connectivity index (χ3v) is 7.61. The van der Waals surface area contributed by atoms with Crippen LogP contribution in [0.25, 0.3) is 10.9 Å². The lowest BCUT2D eigenvalue weighted by Gasteiger charge is -2.19. The minimum absolute atomic E-state index is 0.128. The van der Waals surface area contributed by atoms with E-state index >= 15 is 0 Å². The summed E-state index contributed by atoms with van der Waals surface area (Å²) in [5.41, 5.74) is 3.64. The summed E-state index contributed by atoms with van der Waals surface area (Å²) in [6.07, 6.45) is 3.33. The molecule has 6 aromatic rings. The Morgan fingerprint density at radius 2 is 1.58 bits per heavy atom. The first kappa shape index (κ1) is 33.3. The molecule has 50 heavy (non-hydrogen) atoms. The molecule has 0 spiro atoms. The molecule has 13 heteroatoms. The number of anilines is 2. The summed E-state index contributed by atoms with van der Waals surface area (Å²) in [4.78, 5) is 47.3. The van der Waals surface area contributed by atoms with E-state index in [9.17, 15) is 23.2 Å². The number of rotatable bonds is 13. The average molecular weight is 677 g/mol. The molecular weight excluding hydrogens is 646 g/mol. The number of aromatic nitrogens is 2. The van der Waals surface area contributed by atoms with Crippen LogP contribution in [-0.2, 0) is 24.4 Å². The van der Waals surface area contributed by atoms with E-state index in [1.807, 2.05) is 30.3 Å². The molecule has 2 aromatic heterocycles. The van der Waals surface area contributed by atoms with Crippen LogP contribution < -0.4 is 36.4 Å². The molecule has 0 radical (unpaired) electrons. The average Bonchev–Trinajstić information content (AvgIpc) is 3.12. The van der Waals surface area contributed by atoms with Crippen molar-refractivity contribution in [2.75, 3.05) is 10.6 Å². The van der Waals surface area contributed by atoms with Gasteiger partial charge in [0.2, 0.25) is 17.6 Å². The van der Waals surface area contributed by atoms with Crippen LogP contribution in [-0.4, -0.2) is 22.0 Å². The third kappa shape index (κ3) is 7.91. The molecule has 11 nitrogen and oxygen atoms in total. The van der Waals surface area contributed by atoms with Crippen molar-refractivity contribution in [1.82, 2.24) is 20.3 Å². The van der Waals surface area contributed by atoms with Crippen LogP contribution in [0.2, 0.25) is 0 Å². The second kappa shape index (κ2) is 15.5. The Labute approximate surface area is 284 Å². The Morgan fingerprint density at radius 1 is 0.820 bits per heavy atom. The zero-order valence-electron chi connectivity index (χ0n) is 26.4. The highest BCUT2D eigenvalue weighted by molar-refractivity contribution is 5.88. The summed E-state index contributed by atoms with van der Waals surface area (Å²) in [5.74, 6) is -0.903. The zero-order valence-corrected chi connectivity index (χ0v) is 26.4. The third-order valence-electron chi connectivity index (χ3n) is 7.61. The van der Waals surface area contributed by atoms with Gasteiger partial charge < -0.3 is 24.8 Å². The number of urea groups is 1. The summed E-state index contributed by atoms with van der Waals surface area (Å²) >= 11 is 0. The topological polar surface area (TPSA) is 136 Å². The monoisotopic (exact) mass is 676 g/mol. The van der Waals surface area contributed by atoms with Crippen molar-refractivity contribution in [2.24, 2.45) is 0 Å². The van der Waals surface area contributed by atoms with Crippen LogP contribution in [0, 0.1) is 11.6 Å².